The number of amides is 1. The van der Waals surface area contributed by atoms with Gasteiger partial charge in [0, 0.05) is 31.0 Å². The molecule has 2 fully saturated rings. The van der Waals surface area contributed by atoms with Crippen LogP contribution in [-0.2, 0) is 11.2 Å². The summed E-state index contributed by atoms with van der Waals surface area (Å²) in [6.07, 6.45) is 6.36. The van der Waals surface area contributed by atoms with Gasteiger partial charge in [-0.05, 0) is 63.5 Å². The lowest BCUT2D eigenvalue weighted by Gasteiger charge is -2.43. The molecule has 5 heteroatoms. The molecule has 1 aromatic carbocycles. The molecule has 0 aliphatic heterocycles. The number of benzene rings is 1. The van der Waals surface area contributed by atoms with E-state index < -0.39 is 0 Å². The monoisotopic (exact) mass is 368 g/mol. The smallest absolute Gasteiger partial charge is 0.223 e. The summed E-state index contributed by atoms with van der Waals surface area (Å²) in [5, 5.41) is 3.18. The Hall–Kier alpha value is -1.88. The summed E-state index contributed by atoms with van der Waals surface area (Å²) < 4.78 is 2.28. The number of nitrogens with zero attached hydrogens (tertiary/aromatic N) is 2. The van der Waals surface area contributed by atoms with Crippen LogP contribution in [0.15, 0.2) is 24.3 Å². The van der Waals surface area contributed by atoms with Crippen molar-refractivity contribution in [2.45, 2.75) is 64.5 Å². The van der Waals surface area contributed by atoms with Crippen molar-refractivity contribution >= 4 is 16.9 Å². The van der Waals surface area contributed by atoms with Gasteiger partial charge >= 0.3 is 0 Å². The predicted molar refractivity (Wildman–Crippen MR) is 108 cm³/mol. The van der Waals surface area contributed by atoms with E-state index in [1.165, 1.54) is 24.8 Å². The molecule has 4 rings (SSSR count). The number of carbonyl (C=O) groups is 1. The van der Waals surface area contributed by atoms with Gasteiger partial charge in [0.1, 0.15) is 5.82 Å². The van der Waals surface area contributed by atoms with E-state index in [1.54, 1.807) is 0 Å². The van der Waals surface area contributed by atoms with Gasteiger partial charge < -0.3 is 15.6 Å². The fourth-order valence-electron chi connectivity index (χ4n) is 5.29. The number of carbonyl (C=O) groups excluding carboxylic acids is 1. The summed E-state index contributed by atoms with van der Waals surface area (Å²) in [7, 11) is 0. The van der Waals surface area contributed by atoms with Gasteiger partial charge in [0.15, 0.2) is 0 Å². The van der Waals surface area contributed by atoms with Crippen LogP contribution in [0.5, 0.6) is 0 Å². The summed E-state index contributed by atoms with van der Waals surface area (Å²) in [6.45, 7) is 5.01. The Labute approximate surface area is 161 Å². The number of hydrogen-bond donors (Lipinski definition) is 2. The van der Waals surface area contributed by atoms with Gasteiger partial charge in [0.2, 0.25) is 5.91 Å². The van der Waals surface area contributed by atoms with Crippen molar-refractivity contribution < 1.29 is 4.79 Å². The third kappa shape index (κ3) is 3.62. The second-order valence-electron chi connectivity index (χ2n) is 8.72. The first-order chi connectivity index (χ1) is 13.0. The first-order valence-corrected chi connectivity index (χ1v) is 10.5. The SMILES string of the molecule is CC(C)n1c(CCNC(=O)C2CC3CCCC(C2)C3N)nc2ccccc21. The first-order valence-electron chi connectivity index (χ1n) is 10.5. The molecule has 1 aromatic heterocycles. The quantitative estimate of drug-likeness (QED) is 0.849. The number of nitrogens with two attached hydrogens (primary N) is 1. The Morgan fingerprint density at radius 1 is 1.26 bits per heavy atom. The molecule has 1 amide bonds. The van der Waals surface area contributed by atoms with E-state index in [4.69, 9.17) is 10.7 Å². The average molecular weight is 369 g/mol. The molecule has 2 aromatic rings. The Morgan fingerprint density at radius 3 is 2.67 bits per heavy atom. The standard InChI is InChI=1S/C22H32N4O/c1-14(2)26-19-9-4-3-8-18(19)25-20(26)10-11-24-22(27)17-12-15-6-5-7-16(13-17)21(15)23/h3-4,8-9,14-17,21H,5-7,10-13,23H2,1-2H3,(H,24,27). The van der Waals surface area contributed by atoms with Crippen LogP contribution >= 0.6 is 0 Å². The highest BCUT2D eigenvalue weighted by atomic mass is 16.1. The summed E-state index contributed by atoms with van der Waals surface area (Å²) in [5.74, 6) is 2.49. The van der Waals surface area contributed by atoms with Gasteiger partial charge in [-0.1, -0.05) is 18.6 Å². The van der Waals surface area contributed by atoms with Crippen LogP contribution < -0.4 is 11.1 Å². The molecule has 0 radical (unpaired) electrons. The second-order valence-corrected chi connectivity index (χ2v) is 8.72. The third-order valence-corrected chi connectivity index (χ3v) is 6.62. The third-order valence-electron chi connectivity index (χ3n) is 6.62. The molecule has 2 atom stereocenters. The van der Waals surface area contributed by atoms with Crippen LogP contribution in [0.3, 0.4) is 0 Å². The molecule has 3 N–H and O–H groups in total. The zero-order valence-corrected chi connectivity index (χ0v) is 16.5. The molecule has 0 spiro atoms. The number of hydrogen-bond acceptors (Lipinski definition) is 3. The molecular formula is C22H32N4O. The second kappa shape index (κ2) is 7.63. The Kier molecular flexibility index (Phi) is 5.22. The number of rotatable bonds is 5. The molecule has 146 valence electrons. The normalized spacial score (nSPS) is 27.9. The Bertz CT molecular complexity index is 798. The lowest BCUT2D eigenvalue weighted by molar-refractivity contribution is -0.127. The number of nitrogens with one attached hydrogen (secondary N) is 1. The van der Waals surface area contributed by atoms with Crippen molar-refractivity contribution in [1.29, 1.82) is 0 Å². The molecule has 2 saturated carbocycles. The highest BCUT2D eigenvalue weighted by molar-refractivity contribution is 5.79. The van der Waals surface area contributed by atoms with Gasteiger partial charge in [-0.15, -0.1) is 0 Å². The van der Waals surface area contributed by atoms with Crippen molar-refractivity contribution in [3.05, 3.63) is 30.1 Å². The van der Waals surface area contributed by atoms with E-state index in [2.05, 4.69) is 41.9 Å². The molecule has 0 saturated heterocycles. The van der Waals surface area contributed by atoms with E-state index in [9.17, 15) is 4.79 Å². The Balaban J connectivity index is 1.38. The van der Waals surface area contributed by atoms with Crippen LogP contribution in [0, 0.1) is 17.8 Å². The number of aromatic nitrogens is 2. The van der Waals surface area contributed by atoms with E-state index >= 15 is 0 Å². The van der Waals surface area contributed by atoms with Crippen molar-refractivity contribution in [3.8, 4) is 0 Å². The van der Waals surface area contributed by atoms with E-state index in [1.807, 2.05) is 6.07 Å². The molecule has 1 heterocycles. The number of fused-ring (bicyclic) bond motifs is 3. The molecule has 2 unspecified atom stereocenters. The maximum Gasteiger partial charge on any atom is 0.223 e. The van der Waals surface area contributed by atoms with Crippen LogP contribution in [0.1, 0.15) is 57.8 Å². The fourth-order valence-corrected chi connectivity index (χ4v) is 5.29. The topological polar surface area (TPSA) is 72.9 Å². The van der Waals surface area contributed by atoms with Crippen LogP contribution in [0.4, 0.5) is 0 Å². The minimum atomic E-state index is 0.143. The predicted octanol–water partition coefficient (Wildman–Crippen LogP) is 3.43. The van der Waals surface area contributed by atoms with Gasteiger partial charge in [0.25, 0.3) is 0 Å². The first kappa shape index (κ1) is 18.5. The minimum absolute atomic E-state index is 0.143. The van der Waals surface area contributed by atoms with Crippen LogP contribution in [0.25, 0.3) is 11.0 Å². The fraction of sp³-hybridized carbons (Fsp3) is 0.636. The van der Waals surface area contributed by atoms with E-state index in [0.717, 1.165) is 30.6 Å². The highest BCUT2D eigenvalue weighted by Gasteiger charge is 2.40. The van der Waals surface area contributed by atoms with Crippen LogP contribution in [0.2, 0.25) is 0 Å². The maximum atomic E-state index is 12.7. The molecule has 2 aliphatic rings. The Morgan fingerprint density at radius 2 is 1.96 bits per heavy atom. The summed E-state index contributed by atoms with van der Waals surface area (Å²) in [5.41, 5.74) is 8.56. The summed E-state index contributed by atoms with van der Waals surface area (Å²) in [6, 6.07) is 8.92. The van der Waals surface area contributed by atoms with Gasteiger partial charge in [-0.2, -0.15) is 0 Å². The summed E-state index contributed by atoms with van der Waals surface area (Å²) >= 11 is 0. The minimum Gasteiger partial charge on any atom is -0.355 e. The van der Waals surface area contributed by atoms with Crippen molar-refractivity contribution in [2.24, 2.45) is 23.5 Å². The molecular weight excluding hydrogens is 336 g/mol. The summed E-state index contributed by atoms with van der Waals surface area (Å²) in [4.78, 5) is 17.5. The number of imidazole rings is 1. The van der Waals surface area contributed by atoms with Gasteiger partial charge in [-0.25, -0.2) is 4.98 Å². The van der Waals surface area contributed by atoms with Crippen molar-refractivity contribution in [3.63, 3.8) is 0 Å². The maximum absolute atomic E-state index is 12.7. The van der Waals surface area contributed by atoms with Crippen molar-refractivity contribution in [1.82, 2.24) is 14.9 Å². The highest BCUT2D eigenvalue weighted by Crippen LogP contribution is 2.41. The molecule has 27 heavy (non-hydrogen) atoms. The van der Waals surface area contributed by atoms with Crippen LogP contribution in [-0.4, -0.2) is 28.0 Å². The van der Waals surface area contributed by atoms with Gasteiger partial charge in [-0.3, -0.25) is 4.79 Å². The molecule has 2 aliphatic carbocycles. The van der Waals surface area contributed by atoms with E-state index in [0.29, 0.717) is 30.5 Å². The van der Waals surface area contributed by atoms with E-state index in [-0.39, 0.29) is 11.8 Å². The lowest BCUT2D eigenvalue weighted by atomic mass is 9.65. The van der Waals surface area contributed by atoms with Crippen molar-refractivity contribution in [2.75, 3.05) is 6.54 Å². The molecule has 5 nitrogen and oxygen atoms in total. The number of para-hydroxylation sites is 2. The average Bonchev–Trinajstić information content (AvgIpc) is 2.99. The largest absolute Gasteiger partial charge is 0.355 e. The zero-order chi connectivity index (χ0) is 19.0. The van der Waals surface area contributed by atoms with Gasteiger partial charge in [0.05, 0.1) is 11.0 Å². The lowest BCUT2D eigenvalue weighted by Crippen LogP contribution is -2.49. The zero-order valence-electron chi connectivity index (χ0n) is 16.5. The molecule has 2 bridgehead atoms.